The number of nitrogens with zero attached hydrogens (tertiary/aromatic N) is 1. The van der Waals surface area contributed by atoms with Crippen molar-refractivity contribution in [2.24, 2.45) is 0 Å². The van der Waals surface area contributed by atoms with Crippen molar-refractivity contribution in [1.82, 2.24) is 4.98 Å². The molecule has 0 saturated carbocycles. The van der Waals surface area contributed by atoms with Gasteiger partial charge < -0.3 is 4.74 Å². The molecule has 2 aromatic rings. The quantitative estimate of drug-likeness (QED) is 0.727. The fourth-order valence-corrected chi connectivity index (χ4v) is 2.16. The lowest BCUT2D eigenvalue weighted by Gasteiger charge is -2.09. The monoisotopic (exact) mass is 353 g/mol. The highest BCUT2D eigenvalue weighted by Gasteiger charge is 2.33. The number of ether oxygens (including phenoxy) is 1. The van der Waals surface area contributed by atoms with E-state index >= 15 is 0 Å². The first kappa shape index (κ1) is 12.4. The van der Waals surface area contributed by atoms with Crippen molar-refractivity contribution in [3.8, 4) is 5.75 Å². The van der Waals surface area contributed by atoms with E-state index in [0.29, 0.717) is 20.2 Å². The van der Waals surface area contributed by atoms with Crippen LogP contribution in [0.3, 0.4) is 0 Å². The highest BCUT2D eigenvalue weighted by molar-refractivity contribution is 14.1. The minimum absolute atomic E-state index is 0.310. The molecule has 17 heavy (non-hydrogen) atoms. The normalized spacial score (nSPS) is 11.8. The van der Waals surface area contributed by atoms with Crippen LogP contribution in [0.5, 0.6) is 5.75 Å². The SMILES string of the molecule is COc1ccc2nc(C(F)(F)F)cc(I)c2c1. The summed E-state index contributed by atoms with van der Waals surface area (Å²) in [5.41, 5.74) is -0.565. The minimum Gasteiger partial charge on any atom is -0.497 e. The molecular formula is C11H7F3INO. The van der Waals surface area contributed by atoms with Gasteiger partial charge in [0.2, 0.25) is 0 Å². The van der Waals surface area contributed by atoms with Gasteiger partial charge in [0.05, 0.1) is 12.6 Å². The van der Waals surface area contributed by atoms with E-state index in [1.54, 1.807) is 12.1 Å². The van der Waals surface area contributed by atoms with Gasteiger partial charge >= 0.3 is 6.18 Å². The molecule has 0 aliphatic heterocycles. The Morgan fingerprint density at radius 1 is 1.24 bits per heavy atom. The lowest BCUT2D eigenvalue weighted by atomic mass is 10.2. The first-order valence-corrected chi connectivity index (χ1v) is 5.71. The fourth-order valence-electron chi connectivity index (χ4n) is 1.44. The fraction of sp³-hybridized carbons (Fsp3) is 0.182. The summed E-state index contributed by atoms with van der Waals surface area (Å²) in [6, 6.07) is 5.81. The molecule has 1 heterocycles. The predicted octanol–water partition coefficient (Wildman–Crippen LogP) is 3.87. The van der Waals surface area contributed by atoms with Crippen LogP contribution in [0.1, 0.15) is 5.69 Å². The summed E-state index contributed by atoms with van der Waals surface area (Å²) < 4.78 is 43.2. The lowest BCUT2D eigenvalue weighted by molar-refractivity contribution is -0.141. The standard InChI is InChI=1S/C11H7F3INO/c1-17-6-2-3-9-7(4-6)8(15)5-10(16-9)11(12,13)14/h2-5H,1H3. The van der Waals surface area contributed by atoms with Gasteiger partial charge in [-0.15, -0.1) is 0 Å². The molecule has 0 N–H and O–H groups in total. The Hall–Kier alpha value is -1.05. The van der Waals surface area contributed by atoms with Gasteiger partial charge in [-0.3, -0.25) is 0 Å². The molecule has 90 valence electrons. The van der Waals surface area contributed by atoms with Gasteiger partial charge in [-0.05, 0) is 46.9 Å². The number of aromatic nitrogens is 1. The highest BCUT2D eigenvalue weighted by atomic mass is 127. The van der Waals surface area contributed by atoms with Crippen molar-refractivity contribution in [2.75, 3.05) is 7.11 Å². The van der Waals surface area contributed by atoms with Gasteiger partial charge in [-0.25, -0.2) is 4.98 Å². The highest BCUT2D eigenvalue weighted by Crippen LogP contribution is 2.32. The van der Waals surface area contributed by atoms with E-state index in [2.05, 4.69) is 4.98 Å². The van der Waals surface area contributed by atoms with Gasteiger partial charge in [0.1, 0.15) is 11.4 Å². The third-order valence-electron chi connectivity index (χ3n) is 2.26. The molecular weight excluding hydrogens is 346 g/mol. The maximum atomic E-state index is 12.6. The van der Waals surface area contributed by atoms with Crippen LogP contribution in [0.25, 0.3) is 10.9 Å². The van der Waals surface area contributed by atoms with E-state index in [1.165, 1.54) is 13.2 Å². The zero-order valence-electron chi connectivity index (χ0n) is 8.68. The summed E-state index contributed by atoms with van der Waals surface area (Å²) >= 11 is 1.86. The zero-order valence-corrected chi connectivity index (χ0v) is 10.8. The molecule has 0 bridgehead atoms. The first-order valence-electron chi connectivity index (χ1n) is 4.63. The molecule has 0 unspecified atom stereocenters. The number of pyridine rings is 1. The van der Waals surface area contributed by atoms with Crippen LogP contribution in [-0.2, 0) is 6.18 Å². The molecule has 0 spiro atoms. The molecule has 0 fully saturated rings. The van der Waals surface area contributed by atoms with Crippen molar-refractivity contribution >= 4 is 33.5 Å². The van der Waals surface area contributed by atoms with Crippen LogP contribution in [0, 0.1) is 3.57 Å². The Morgan fingerprint density at radius 3 is 2.53 bits per heavy atom. The van der Waals surface area contributed by atoms with Crippen molar-refractivity contribution < 1.29 is 17.9 Å². The van der Waals surface area contributed by atoms with Crippen LogP contribution in [0.4, 0.5) is 13.2 Å². The second kappa shape index (κ2) is 4.32. The van der Waals surface area contributed by atoms with Gasteiger partial charge in [0.15, 0.2) is 0 Å². The maximum absolute atomic E-state index is 12.6. The maximum Gasteiger partial charge on any atom is 0.433 e. The van der Waals surface area contributed by atoms with Crippen LogP contribution in [0.2, 0.25) is 0 Å². The van der Waals surface area contributed by atoms with E-state index in [0.717, 1.165) is 6.07 Å². The van der Waals surface area contributed by atoms with E-state index in [1.807, 2.05) is 22.6 Å². The van der Waals surface area contributed by atoms with Crippen LogP contribution in [-0.4, -0.2) is 12.1 Å². The summed E-state index contributed by atoms with van der Waals surface area (Å²) in [5.74, 6) is 0.594. The topological polar surface area (TPSA) is 22.1 Å². The van der Waals surface area contributed by atoms with Crippen molar-refractivity contribution in [2.45, 2.75) is 6.18 Å². The summed E-state index contributed by atoms with van der Waals surface area (Å²) in [7, 11) is 1.51. The molecule has 2 nitrogen and oxygen atoms in total. The molecule has 0 saturated heterocycles. The Kier molecular flexibility index (Phi) is 3.15. The van der Waals surface area contributed by atoms with Gasteiger partial charge in [-0.2, -0.15) is 13.2 Å². The number of alkyl halides is 3. The van der Waals surface area contributed by atoms with E-state index < -0.39 is 11.9 Å². The van der Waals surface area contributed by atoms with Crippen LogP contribution in [0.15, 0.2) is 24.3 Å². The first-order chi connectivity index (χ1) is 7.91. The molecule has 2 rings (SSSR count). The Balaban J connectivity index is 2.68. The number of hydrogen-bond donors (Lipinski definition) is 0. The molecule has 0 radical (unpaired) electrons. The second-order valence-electron chi connectivity index (χ2n) is 3.37. The molecule has 0 aliphatic carbocycles. The van der Waals surface area contributed by atoms with Crippen LogP contribution >= 0.6 is 22.6 Å². The van der Waals surface area contributed by atoms with E-state index in [4.69, 9.17) is 4.74 Å². The number of fused-ring (bicyclic) bond motifs is 1. The van der Waals surface area contributed by atoms with Crippen molar-refractivity contribution in [3.05, 3.63) is 33.5 Å². The molecule has 0 aliphatic rings. The number of methoxy groups -OCH3 is 1. The number of halogens is 4. The molecule has 0 atom stereocenters. The summed E-state index contributed by atoms with van der Waals surface area (Å²) in [4.78, 5) is 3.60. The Labute approximate surface area is 109 Å². The van der Waals surface area contributed by atoms with E-state index in [-0.39, 0.29) is 0 Å². The minimum atomic E-state index is -4.42. The average molecular weight is 353 g/mol. The number of benzene rings is 1. The third kappa shape index (κ3) is 2.46. The smallest absolute Gasteiger partial charge is 0.433 e. The predicted molar refractivity (Wildman–Crippen MR) is 66.0 cm³/mol. The Bertz CT molecular complexity index is 568. The van der Waals surface area contributed by atoms with Crippen molar-refractivity contribution in [3.63, 3.8) is 0 Å². The van der Waals surface area contributed by atoms with Gasteiger partial charge in [0.25, 0.3) is 0 Å². The summed E-state index contributed by atoms with van der Waals surface area (Å²) in [6.45, 7) is 0. The molecule has 1 aromatic heterocycles. The molecule has 6 heteroatoms. The zero-order chi connectivity index (χ0) is 12.6. The van der Waals surface area contributed by atoms with Gasteiger partial charge in [-0.1, -0.05) is 0 Å². The number of rotatable bonds is 1. The average Bonchev–Trinajstić information content (AvgIpc) is 2.27. The molecule has 1 aromatic carbocycles. The van der Waals surface area contributed by atoms with Crippen molar-refractivity contribution in [1.29, 1.82) is 0 Å². The van der Waals surface area contributed by atoms with Gasteiger partial charge in [0, 0.05) is 8.96 Å². The van der Waals surface area contributed by atoms with Crippen LogP contribution < -0.4 is 4.74 Å². The van der Waals surface area contributed by atoms with E-state index in [9.17, 15) is 13.2 Å². The second-order valence-corrected chi connectivity index (χ2v) is 4.53. The lowest BCUT2D eigenvalue weighted by Crippen LogP contribution is -2.08. The molecule has 0 amide bonds. The third-order valence-corrected chi connectivity index (χ3v) is 3.15. The largest absolute Gasteiger partial charge is 0.497 e. The number of hydrogen-bond acceptors (Lipinski definition) is 2. The summed E-state index contributed by atoms with van der Waals surface area (Å²) in [6.07, 6.45) is -4.42. The summed E-state index contributed by atoms with van der Waals surface area (Å²) in [5, 5.41) is 0.651. The Morgan fingerprint density at radius 2 is 1.94 bits per heavy atom.